The third kappa shape index (κ3) is 2.07. The topological polar surface area (TPSA) is 50.9 Å². The molecule has 0 aliphatic carbocycles. The van der Waals surface area contributed by atoms with Crippen molar-refractivity contribution in [1.82, 2.24) is 10.3 Å². The monoisotopic (exact) mass is 197 g/mol. The van der Waals surface area contributed by atoms with Crippen LogP contribution in [0.2, 0.25) is 0 Å². The summed E-state index contributed by atoms with van der Waals surface area (Å²) in [6.07, 6.45) is 4.10. The van der Waals surface area contributed by atoms with Crippen molar-refractivity contribution in [1.29, 1.82) is 0 Å². The molecule has 0 radical (unpaired) electrons. The molecule has 3 nitrogen and oxygen atoms in total. The quantitative estimate of drug-likeness (QED) is 0.711. The van der Waals surface area contributed by atoms with Crippen LogP contribution < -0.4 is 11.1 Å². The summed E-state index contributed by atoms with van der Waals surface area (Å²) in [5.41, 5.74) is 5.91. The normalized spacial score (nSPS) is 29.1. The molecule has 4 heteroatoms. The van der Waals surface area contributed by atoms with Gasteiger partial charge in [0, 0.05) is 23.2 Å². The Morgan fingerprint density at radius 3 is 3.15 bits per heavy atom. The molecule has 2 atom stereocenters. The first-order valence-electron chi connectivity index (χ1n) is 4.67. The van der Waals surface area contributed by atoms with Crippen LogP contribution in [0.25, 0.3) is 0 Å². The largest absolute Gasteiger partial charge is 0.328 e. The molecule has 3 N–H and O–H groups in total. The summed E-state index contributed by atoms with van der Waals surface area (Å²) >= 11 is 1.77. The number of nitrogens with zero attached hydrogens (tertiary/aromatic N) is 1. The number of thiazole rings is 1. The van der Waals surface area contributed by atoms with Crippen LogP contribution in [0.5, 0.6) is 0 Å². The summed E-state index contributed by atoms with van der Waals surface area (Å²) in [7, 11) is 0. The van der Waals surface area contributed by atoms with E-state index in [1.165, 1.54) is 4.88 Å². The highest BCUT2D eigenvalue weighted by molar-refractivity contribution is 7.11. The predicted octanol–water partition coefficient (Wildman–Crippen LogP) is 1.20. The number of piperidine rings is 1. The van der Waals surface area contributed by atoms with E-state index in [0.29, 0.717) is 12.1 Å². The molecule has 1 fully saturated rings. The highest BCUT2D eigenvalue weighted by atomic mass is 32.1. The molecule has 2 heterocycles. The van der Waals surface area contributed by atoms with Gasteiger partial charge in [0.2, 0.25) is 0 Å². The summed E-state index contributed by atoms with van der Waals surface area (Å²) in [5, 5.41) is 4.60. The molecule has 1 aliphatic rings. The number of aryl methyl sites for hydroxylation is 1. The van der Waals surface area contributed by atoms with Crippen LogP contribution in [0.1, 0.15) is 28.8 Å². The van der Waals surface area contributed by atoms with Gasteiger partial charge in [-0.3, -0.25) is 0 Å². The maximum absolute atomic E-state index is 5.91. The van der Waals surface area contributed by atoms with Crippen molar-refractivity contribution in [3.63, 3.8) is 0 Å². The molecule has 0 unspecified atom stereocenters. The Morgan fingerprint density at radius 1 is 1.69 bits per heavy atom. The van der Waals surface area contributed by atoms with Crippen molar-refractivity contribution >= 4 is 11.3 Å². The number of hydrogen-bond acceptors (Lipinski definition) is 4. The lowest BCUT2D eigenvalue weighted by Gasteiger charge is -2.26. The Labute approximate surface area is 82.4 Å². The molecule has 13 heavy (non-hydrogen) atoms. The van der Waals surface area contributed by atoms with Gasteiger partial charge < -0.3 is 11.1 Å². The third-order valence-electron chi connectivity index (χ3n) is 2.43. The second-order valence-electron chi connectivity index (χ2n) is 3.57. The number of aromatic nitrogens is 1. The van der Waals surface area contributed by atoms with Crippen LogP contribution in [-0.2, 0) is 0 Å². The Hall–Kier alpha value is -0.450. The molecule has 0 saturated carbocycles. The van der Waals surface area contributed by atoms with Gasteiger partial charge in [0.05, 0.1) is 5.01 Å². The average Bonchev–Trinajstić information content (AvgIpc) is 2.52. The van der Waals surface area contributed by atoms with Crippen molar-refractivity contribution in [2.75, 3.05) is 6.54 Å². The number of hydrogen-bond donors (Lipinski definition) is 2. The SMILES string of the molecule is Cc1ncc([C@@H]2C[C@H](N)CCN2)s1. The van der Waals surface area contributed by atoms with E-state index in [1.54, 1.807) is 11.3 Å². The summed E-state index contributed by atoms with van der Waals surface area (Å²) in [4.78, 5) is 5.58. The number of nitrogens with two attached hydrogens (primary N) is 1. The van der Waals surface area contributed by atoms with Crippen molar-refractivity contribution in [2.24, 2.45) is 5.73 Å². The fourth-order valence-corrected chi connectivity index (χ4v) is 2.58. The van der Waals surface area contributed by atoms with E-state index in [4.69, 9.17) is 5.73 Å². The maximum atomic E-state index is 5.91. The zero-order valence-electron chi connectivity index (χ0n) is 7.79. The van der Waals surface area contributed by atoms with Crippen LogP contribution in [-0.4, -0.2) is 17.6 Å². The molecule has 72 valence electrons. The lowest BCUT2D eigenvalue weighted by atomic mass is 10.00. The molecule has 0 aromatic carbocycles. The van der Waals surface area contributed by atoms with Crippen molar-refractivity contribution in [3.05, 3.63) is 16.1 Å². The summed E-state index contributed by atoms with van der Waals surface area (Å²) < 4.78 is 0. The molecule has 0 bridgehead atoms. The first kappa shape index (κ1) is 9.12. The lowest BCUT2D eigenvalue weighted by Crippen LogP contribution is -2.38. The van der Waals surface area contributed by atoms with Gasteiger partial charge in [0.25, 0.3) is 0 Å². The van der Waals surface area contributed by atoms with Gasteiger partial charge in [-0.05, 0) is 26.3 Å². The van der Waals surface area contributed by atoms with Crippen molar-refractivity contribution < 1.29 is 0 Å². The minimum Gasteiger partial charge on any atom is -0.328 e. The number of rotatable bonds is 1. The maximum Gasteiger partial charge on any atom is 0.0897 e. The molecule has 0 spiro atoms. The van der Waals surface area contributed by atoms with E-state index in [9.17, 15) is 0 Å². The van der Waals surface area contributed by atoms with Crippen LogP contribution in [0.4, 0.5) is 0 Å². The average molecular weight is 197 g/mol. The van der Waals surface area contributed by atoms with Crippen molar-refractivity contribution in [2.45, 2.75) is 31.8 Å². The minimum absolute atomic E-state index is 0.355. The molecule has 1 saturated heterocycles. The molecule has 1 aromatic heterocycles. The zero-order valence-corrected chi connectivity index (χ0v) is 8.60. The minimum atomic E-state index is 0.355. The van der Waals surface area contributed by atoms with Gasteiger partial charge in [-0.1, -0.05) is 0 Å². The van der Waals surface area contributed by atoms with E-state index >= 15 is 0 Å². The Morgan fingerprint density at radius 2 is 2.54 bits per heavy atom. The van der Waals surface area contributed by atoms with E-state index in [-0.39, 0.29) is 0 Å². The number of nitrogens with one attached hydrogen (secondary N) is 1. The Balaban J connectivity index is 2.08. The fourth-order valence-electron chi connectivity index (χ4n) is 1.70. The smallest absolute Gasteiger partial charge is 0.0897 e. The van der Waals surface area contributed by atoms with Crippen LogP contribution in [0.15, 0.2) is 6.20 Å². The second-order valence-corrected chi connectivity index (χ2v) is 4.84. The standard InChI is InChI=1S/C9H15N3S/c1-6-12-5-9(13-6)8-4-7(10)2-3-11-8/h5,7-8,11H,2-4,10H2,1H3/t7-,8+/m1/s1. The molecular formula is C9H15N3S. The van der Waals surface area contributed by atoms with Crippen molar-refractivity contribution in [3.8, 4) is 0 Å². The van der Waals surface area contributed by atoms with E-state index in [2.05, 4.69) is 10.3 Å². The molecule has 1 aromatic rings. The van der Waals surface area contributed by atoms with E-state index < -0.39 is 0 Å². The first-order valence-corrected chi connectivity index (χ1v) is 5.48. The highest BCUT2D eigenvalue weighted by Crippen LogP contribution is 2.26. The summed E-state index contributed by atoms with van der Waals surface area (Å²) in [6, 6.07) is 0.795. The Kier molecular flexibility index (Phi) is 2.62. The van der Waals surface area contributed by atoms with E-state index in [1.807, 2.05) is 13.1 Å². The zero-order chi connectivity index (χ0) is 9.26. The molecule has 0 amide bonds. The van der Waals surface area contributed by atoms with E-state index in [0.717, 1.165) is 24.4 Å². The molecule has 1 aliphatic heterocycles. The Bertz CT molecular complexity index is 284. The van der Waals surface area contributed by atoms with Gasteiger partial charge in [-0.15, -0.1) is 11.3 Å². The second kappa shape index (κ2) is 3.74. The fraction of sp³-hybridized carbons (Fsp3) is 0.667. The summed E-state index contributed by atoms with van der Waals surface area (Å²) in [6.45, 7) is 3.07. The van der Waals surface area contributed by atoms with Gasteiger partial charge in [-0.25, -0.2) is 4.98 Å². The lowest BCUT2D eigenvalue weighted by molar-refractivity contribution is 0.373. The van der Waals surface area contributed by atoms with Crippen LogP contribution >= 0.6 is 11.3 Å². The summed E-state index contributed by atoms with van der Waals surface area (Å²) in [5.74, 6) is 0. The molecular weight excluding hydrogens is 182 g/mol. The van der Waals surface area contributed by atoms with Crippen LogP contribution in [0.3, 0.4) is 0 Å². The van der Waals surface area contributed by atoms with Gasteiger partial charge in [-0.2, -0.15) is 0 Å². The van der Waals surface area contributed by atoms with Gasteiger partial charge >= 0.3 is 0 Å². The van der Waals surface area contributed by atoms with Gasteiger partial charge in [0.15, 0.2) is 0 Å². The predicted molar refractivity (Wildman–Crippen MR) is 54.8 cm³/mol. The first-order chi connectivity index (χ1) is 6.25. The van der Waals surface area contributed by atoms with Crippen LogP contribution in [0, 0.1) is 6.92 Å². The highest BCUT2D eigenvalue weighted by Gasteiger charge is 2.21. The van der Waals surface area contributed by atoms with Gasteiger partial charge in [0.1, 0.15) is 0 Å². The third-order valence-corrected chi connectivity index (χ3v) is 3.45. The molecule has 2 rings (SSSR count).